The molecular formula is C15H21FN2O3. The van der Waals surface area contributed by atoms with Crippen LogP contribution < -0.4 is 11.1 Å². The molecule has 0 aliphatic carbocycles. The molecule has 0 bridgehead atoms. The highest BCUT2D eigenvalue weighted by atomic mass is 19.1. The fraction of sp³-hybridized carbons (Fsp3) is 0.467. The quantitative estimate of drug-likeness (QED) is 0.459. The van der Waals surface area contributed by atoms with Crippen LogP contribution in [-0.4, -0.2) is 24.5 Å². The SMILES string of the molecule is CCCCCNC(=O)C(C)OC(=O)c1cc(F)ccc1N. The van der Waals surface area contributed by atoms with E-state index < -0.39 is 17.9 Å². The van der Waals surface area contributed by atoms with E-state index >= 15 is 0 Å². The van der Waals surface area contributed by atoms with E-state index in [2.05, 4.69) is 12.2 Å². The van der Waals surface area contributed by atoms with Crippen LogP contribution in [-0.2, 0) is 9.53 Å². The van der Waals surface area contributed by atoms with E-state index in [9.17, 15) is 14.0 Å². The van der Waals surface area contributed by atoms with Gasteiger partial charge in [0.25, 0.3) is 5.91 Å². The van der Waals surface area contributed by atoms with E-state index in [-0.39, 0.29) is 17.2 Å². The van der Waals surface area contributed by atoms with Crippen molar-refractivity contribution in [3.05, 3.63) is 29.6 Å². The molecular weight excluding hydrogens is 275 g/mol. The minimum absolute atomic E-state index is 0.0827. The lowest BCUT2D eigenvalue weighted by molar-refractivity contribution is -0.129. The number of nitrogens with one attached hydrogen (secondary N) is 1. The molecule has 0 saturated carbocycles. The summed E-state index contributed by atoms with van der Waals surface area (Å²) in [7, 11) is 0. The van der Waals surface area contributed by atoms with Crippen molar-refractivity contribution in [2.75, 3.05) is 12.3 Å². The Morgan fingerprint density at radius 3 is 2.76 bits per heavy atom. The molecule has 6 heteroatoms. The second kappa shape index (κ2) is 8.24. The zero-order chi connectivity index (χ0) is 15.8. The van der Waals surface area contributed by atoms with Gasteiger partial charge in [-0.15, -0.1) is 0 Å². The molecule has 116 valence electrons. The van der Waals surface area contributed by atoms with Crippen LogP contribution in [0.5, 0.6) is 0 Å². The second-order valence-corrected chi connectivity index (χ2v) is 4.78. The summed E-state index contributed by atoms with van der Waals surface area (Å²) in [5.41, 5.74) is 5.61. The maximum atomic E-state index is 13.1. The van der Waals surface area contributed by atoms with Crippen molar-refractivity contribution < 1.29 is 18.7 Å². The lowest BCUT2D eigenvalue weighted by Crippen LogP contribution is -2.36. The Labute approximate surface area is 123 Å². The summed E-state index contributed by atoms with van der Waals surface area (Å²) in [6, 6.07) is 3.42. The number of nitrogen functional groups attached to an aromatic ring is 1. The number of ether oxygens (including phenoxy) is 1. The van der Waals surface area contributed by atoms with Crippen molar-refractivity contribution in [2.24, 2.45) is 0 Å². The third kappa shape index (κ3) is 5.41. The lowest BCUT2D eigenvalue weighted by Gasteiger charge is -2.14. The Kier molecular flexibility index (Phi) is 6.65. The molecule has 0 saturated heterocycles. The van der Waals surface area contributed by atoms with Gasteiger partial charge in [-0.1, -0.05) is 19.8 Å². The van der Waals surface area contributed by atoms with Crippen LogP contribution in [0, 0.1) is 5.82 Å². The Morgan fingerprint density at radius 2 is 2.10 bits per heavy atom. The Morgan fingerprint density at radius 1 is 1.38 bits per heavy atom. The van der Waals surface area contributed by atoms with Gasteiger partial charge in [-0.3, -0.25) is 4.79 Å². The van der Waals surface area contributed by atoms with Gasteiger partial charge in [0.2, 0.25) is 0 Å². The lowest BCUT2D eigenvalue weighted by atomic mass is 10.2. The summed E-state index contributed by atoms with van der Waals surface area (Å²) in [6.07, 6.45) is 1.99. The Balaban J connectivity index is 2.53. The van der Waals surface area contributed by atoms with Crippen LogP contribution in [0.2, 0.25) is 0 Å². The highest BCUT2D eigenvalue weighted by Gasteiger charge is 2.20. The summed E-state index contributed by atoms with van der Waals surface area (Å²) in [5.74, 6) is -1.79. The first-order valence-corrected chi connectivity index (χ1v) is 6.99. The average molecular weight is 296 g/mol. The van der Waals surface area contributed by atoms with Gasteiger partial charge in [0.1, 0.15) is 5.82 Å². The average Bonchev–Trinajstić information content (AvgIpc) is 2.45. The minimum Gasteiger partial charge on any atom is -0.449 e. The number of amides is 1. The standard InChI is InChI=1S/C15H21FN2O3/c1-3-4-5-8-18-14(19)10(2)21-15(20)12-9-11(16)6-7-13(12)17/h6-7,9-10H,3-5,8,17H2,1-2H3,(H,18,19). The summed E-state index contributed by atoms with van der Waals surface area (Å²) >= 11 is 0. The molecule has 0 heterocycles. The van der Waals surface area contributed by atoms with E-state index in [0.717, 1.165) is 31.4 Å². The van der Waals surface area contributed by atoms with Crippen LogP contribution >= 0.6 is 0 Å². The smallest absolute Gasteiger partial charge is 0.341 e. The second-order valence-electron chi connectivity index (χ2n) is 4.78. The maximum absolute atomic E-state index is 13.1. The number of carbonyl (C=O) groups excluding carboxylic acids is 2. The van der Waals surface area contributed by atoms with E-state index in [1.807, 2.05) is 0 Å². The highest BCUT2D eigenvalue weighted by Crippen LogP contribution is 2.15. The molecule has 1 amide bonds. The molecule has 0 fully saturated rings. The molecule has 0 aromatic heterocycles. The van der Waals surface area contributed by atoms with Gasteiger partial charge in [0.15, 0.2) is 6.10 Å². The number of hydrogen-bond acceptors (Lipinski definition) is 4. The number of nitrogens with two attached hydrogens (primary N) is 1. The predicted molar refractivity (Wildman–Crippen MR) is 78.2 cm³/mol. The molecule has 1 aromatic rings. The van der Waals surface area contributed by atoms with Crippen molar-refractivity contribution in [3.63, 3.8) is 0 Å². The monoisotopic (exact) mass is 296 g/mol. The normalized spacial score (nSPS) is 11.8. The number of unbranched alkanes of at least 4 members (excludes halogenated alkanes) is 2. The number of halogens is 1. The van der Waals surface area contributed by atoms with Gasteiger partial charge in [0.05, 0.1) is 5.56 Å². The van der Waals surface area contributed by atoms with E-state index in [4.69, 9.17) is 10.5 Å². The first-order valence-electron chi connectivity index (χ1n) is 6.99. The summed E-state index contributed by atoms with van der Waals surface area (Å²) in [6.45, 7) is 4.06. The van der Waals surface area contributed by atoms with Gasteiger partial charge in [-0.25, -0.2) is 9.18 Å². The number of carbonyl (C=O) groups is 2. The number of anilines is 1. The number of benzene rings is 1. The van der Waals surface area contributed by atoms with Crippen molar-refractivity contribution >= 4 is 17.6 Å². The van der Waals surface area contributed by atoms with Gasteiger partial charge >= 0.3 is 5.97 Å². The third-order valence-electron chi connectivity index (χ3n) is 2.97. The number of hydrogen-bond donors (Lipinski definition) is 2. The maximum Gasteiger partial charge on any atom is 0.341 e. The van der Waals surface area contributed by atoms with Gasteiger partial charge in [-0.2, -0.15) is 0 Å². The van der Waals surface area contributed by atoms with E-state index in [1.54, 1.807) is 0 Å². The molecule has 1 rings (SSSR count). The van der Waals surface area contributed by atoms with Crippen LogP contribution in [0.3, 0.4) is 0 Å². The van der Waals surface area contributed by atoms with Crippen LogP contribution in [0.15, 0.2) is 18.2 Å². The zero-order valence-corrected chi connectivity index (χ0v) is 12.3. The van der Waals surface area contributed by atoms with Crippen LogP contribution in [0.4, 0.5) is 10.1 Å². The van der Waals surface area contributed by atoms with Gasteiger partial charge in [-0.05, 0) is 31.5 Å². The highest BCUT2D eigenvalue weighted by molar-refractivity contribution is 5.96. The number of esters is 1. The Hall–Kier alpha value is -2.11. The fourth-order valence-electron chi connectivity index (χ4n) is 1.71. The largest absolute Gasteiger partial charge is 0.449 e. The fourth-order valence-corrected chi connectivity index (χ4v) is 1.71. The molecule has 0 radical (unpaired) electrons. The molecule has 1 unspecified atom stereocenters. The summed E-state index contributed by atoms with van der Waals surface area (Å²) in [4.78, 5) is 23.6. The van der Waals surface area contributed by atoms with E-state index in [1.165, 1.54) is 13.0 Å². The molecule has 0 spiro atoms. The molecule has 1 atom stereocenters. The third-order valence-corrected chi connectivity index (χ3v) is 2.97. The number of rotatable bonds is 7. The first-order chi connectivity index (χ1) is 9.95. The molecule has 3 N–H and O–H groups in total. The summed E-state index contributed by atoms with van der Waals surface area (Å²) < 4.78 is 18.1. The van der Waals surface area contributed by atoms with Crippen molar-refractivity contribution in [1.82, 2.24) is 5.32 Å². The predicted octanol–water partition coefficient (Wildman–Crippen LogP) is 2.26. The van der Waals surface area contributed by atoms with Crippen molar-refractivity contribution in [3.8, 4) is 0 Å². The first kappa shape index (κ1) is 16.9. The molecule has 0 aliphatic heterocycles. The van der Waals surface area contributed by atoms with Gasteiger partial charge in [0, 0.05) is 12.2 Å². The van der Waals surface area contributed by atoms with Crippen LogP contribution in [0.1, 0.15) is 43.5 Å². The van der Waals surface area contributed by atoms with Crippen molar-refractivity contribution in [1.29, 1.82) is 0 Å². The van der Waals surface area contributed by atoms with E-state index in [0.29, 0.717) is 6.54 Å². The molecule has 21 heavy (non-hydrogen) atoms. The molecule has 5 nitrogen and oxygen atoms in total. The topological polar surface area (TPSA) is 81.4 Å². The van der Waals surface area contributed by atoms with Crippen LogP contribution in [0.25, 0.3) is 0 Å². The van der Waals surface area contributed by atoms with Gasteiger partial charge < -0.3 is 15.8 Å². The molecule has 0 aliphatic rings. The van der Waals surface area contributed by atoms with Crippen molar-refractivity contribution in [2.45, 2.75) is 39.2 Å². The zero-order valence-electron chi connectivity index (χ0n) is 12.3. The summed E-state index contributed by atoms with van der Waals surface area (Å²) in [5, 5.41) is 2.68. The Bertz CT molecular complexity index is 506. The molecule has 1 aromatic carbocycles. The minimum atomic E-state index is -0.957.